The number of nitrogens with zero attached hydrogens (tertiary/aromatic N) is 2. The smallest absolute Gasteiger partial charge is 0.267 e. The lowest BCUT2D eigenvalue weighted by molar-refractivity contribution is -0.131. The van der Waals surface area contributed by atoms with E-state index in [1.54, 1.807) is 25.2 Å². The molecule has 7 heteroatoms. The Labute approximate surface area is 157 Å². The van der Waals surface area contributed by atoms with Gasteiger partial charge in [-0.15, -0.1) is 0 Å². The minimum absolute atomic E-state index is 0.327. The van der Waals surface area contributed by atoms with Crippen molar-refractivity contribution >= 4 is 24.0 Å². The van der Waals surface area contributed by atoms with Crippen LogP contribution < -0.4 is 5.32 Å². The summed E-state index contributed by atoms with van der Waals surface area (Å²) in [7, 11) is 0. The summed E-state index contributed by atoms with van der Waals surface area (Å²) in [6, 6.07) is 0.978. The Kier molecular flexibility index (Phi) is 6.60. The number of pyridine rings is 1. The molecule has 1 aromatic rings. The van der Waals surface area contributed by atoms with Crippen LogP contribution in [0.5, 0.6) is 0 Å². The molecule has 0 spiro atoms. The molecule has 1 aromatic heterocycles. The lowest BCUT2D eigenvalue weighted by atomic mass is 10.0. The van der Waals surface area contributed by atoms with Gasteiger partial charge < -0.3 is 10.2 Å². The molecule has 2 heterocycles. The van der Waals surface area contributed by atoms with Gasteiger partial charge in [-0.05, 0) is 26.0 Å². The van der Waals surface area contributed by atoms with Crippen molar-refractivity contribution in [1.82, 2.24) is 15.2 Å². The molecule has 1 aliphatic heterocycles. The molecule has 1 fully saturated rings. The number of aromatic nitrogens is 1. The monoisotopic (exact) mass is 375 g/mol. The fraction of sp³-hybridized carbons (Fsp3) is 0.350. The average Bonchev–Trinajstić information content (AvgIpc) is 2.92. The van der Waals surface area contributed by atoms with E-state index in [9.17, 15) is 18.4 Å². The fourth-order valence-corrected chi connectivity index (χ4v) is 2.99. The van der Waals surface area contributed by atoms with Gasteiger partial charge in [0.05, 0.1) is 24.3 Å². The molecule has 5 nitrogen and oxygen atoms in total. The van der Waals surface area contributed by atoms with Crippen molar-refractivity contribution in [2.75, 3.05) is 13.1 Å². The Balaban J connectivity index is 2.12. The predicted molar refractivity (Wildman–Crippen MR) is 101 cm³/mol. The number of likely N-dealkylation sites (tertiary alicyclic amines) is 1. The van der Waals surface area contributed by atoms with E-state index in [4.69, 9.17) is 0 Å². The highest BCUT2D eigenvalue weighted by Crippen LogP contribution is 2.31. The van der Waals surface area contributed by atoms with Crippen LogP contribution in [-0.4, -0.2) is 46.8 Å². The second kappa shape index (κ2) is 8.70. The van der Waals surface area contributed by atoms with E-state index in [1.165, 1.54) is 18.3 Å². The van der Waals surface area contributed by atoms with Crippen LogP contribution in [0.3, 0.4) is 0 Å². The molecule has 0 aliphatic carbocycles. The number of amides is 2. The van der Waals surface area contributed by atoms with Gasteiger partial charge in [0.1, 0.15) is 0 Å². The average molecular weight is 375 g/mol. The third-order valence-corrected chi connectivity index (χ3v) is 4.27. The lowest BCUT2D eigenvalue weighted by Crippen LogP contribution is -2.42. The molecule has 1 N–H and O–H groups in total. The maximum Gasteiger partial charge on any atom is 0.267 e. The molecule has 0 saturated carbocycles. The molecule has 2 amide bonds. The third kappa shape index (κ3) is 5.09. The van der Waals surface area contributed by atoms with Crippen LogP contribution in [0.2, 0.25) is 0 Å². The number of hydrogen-bond acceptors (Lipinski definition) is 3. The second-order valence-corrected chi connectivity index (χ2v) is 6.36. The molecule has 1 saturated heterocycles. The first-order valence-corrected chi connectivity index (χ1v) is 8.65. The first kappa shape index (κ1) is 20.5. The quantitative estimate of drug-likeness (QED) is 0.776. The molecule has 2 rings (SSSR count). The van der Waals surface area contributed by atoms with Crippen LogP contribution in [-0.2, 0) is 4.79 Å². The normalized spacial score (nSPS) is 19.0. The van der Waals surface area contributed by atoms with Crippen molar-refractivity contribution in [3.8, 4) is 0 Å². The summed E-state index contributed by atoms with van der Waals surface area (Å²) in [4.78, 5) is 30.1. The number of halogens is 2. The van der Waals surface area contributed by atoms with Gasteiger partial charge in [-0.25, -0.2) is 8.78 Å². The summed E-state index contributed by atoms with van der Waals surface area (Å²) < 4.78 is 26.9. The minimum atomic E-state index is -2.88. The molecule has 0 aromatic carbocycles. The summed E-state index contributed by atoms with van der Waals surface area (Å²) in [5, 5.41) is 2.52. The van der Waals surface area contributed by atoms with Crippen molar-refractivity contribution < 1.29 is 18.4 Å². The summed E-state index contributed by atoms with van der Waals surface area (Å²) in [6.45, 7) is 6.17. The number of nitrogens with one attached hydrogen (secondary N) is 1. The Morgan fingerprint density at radius 2 is 2.19 bits per heavy atom. The van der Waals surface area contributed by atoms with E-state index in [-0.39, 0.29) is 13.0 Å². The van der Waals surface area contributed by atoms with Gasteiger partial charge in [0.25, 0.3) is 11.8 Å². The summed E-state index contributed by atoms with van der Waals surface area (Å²) in [6.07, 6.45) is 9.78. The largest absolute Gasteiger partial charge is 0.343 e. The molecule has 1 atom stereocenters. The van der Waals surface area contributed by atoms with Crippen molar-refractivity contribution in [1.29, 1.82) is 0 Å². The van der Waals surface area contributed by atoms with Crippen molar-refractivity contribution in [2.45, 2.75) is 32.2 Å². The molecule has 144 valence electrons. The SMILES string of the molecule is C=Cc1nccc(C(=O)NCC(=O)N2CC(F)(F)CC2C)c1/C=C\C=C/C. The Morgan fingerprint density at radius 3 is 2.78 bits per heavy atom. The Morgan fingerprint density at radius 1 is 1.44 bits per heavy atom. The van der Waals surface area contributed by atoms with Gasteiger partial charge in [0.15, 0.2) is 0 Å². The highest BCUT2D eigenvalue weighted by atomic mass is 19.3. The third-order valence-electron chi connectivity index (χ3n) is 4.27. The van der Waals surface area contributed by atoms with Crippen molar-refractivity contribution in [3.63, 3.8) is 0 Å². The lowest BCUT2D eigenvalue weighted by Gasteiger charge is -2.21. The van der Waals surface area contributed by atoms with E-state index in [1.807, 2.05) is 13.0 Å². The zero-order chi connectivity index (χ0) is 20.0. The molecular formula is C20H23F2N3O2. The van der Waals surface area contributed by atoms with Gasteiger partial charge in [-0.3, -0.25) is 14.6 Å². The highest BCUT2D eigenvalue weighted by Gasteiger charge is 2.44. The van der Waals surface area contributed by atoms with Crippen molar-refractivity contribution in [3.05, 3.63) is 53.9 Å². The van der Waals surface area contributed by atoms with E-state index < -0.39 is 30.3 Å². The molecule has 27 heavy (non-hydrogen) atoms. The zero-order valence-electron chi connectivity index (χ0n) is 15.4. The van der Waals surface area contributed by atoms with Crippen LogP contribution in [0.15, 0.2) is 37.1 Å². The predicted octanol–water partition coefficient (Wildman–Crippen LogP) is 3.30. The Hall–Kier alpha value is -2.83. The van der Waals surface area contributed by atoms with E-state index in [2.05, 4.69) is 16.9 Å². The Bertz CT molecular complexity index is 787. The van der Waals surface area contributed by atoms with Gasteiger partial charge in [-0.2, -0.15) is 0 Å². The second-order valence-electron chi connectivity index (χ2n) is 6.36. The number of allylic oxidation sites excluding steroid dienone is 3. The fourth-order valence-electron chi connectivity index (χ4n) is 2.99. The number of hydrogen-bond donors (Lipinski definition) is 1. The molecule has 1 unspecified atom stereocenters. The highest BCUT2D eigenvalue weighted by molar-refractivity contribution is 6.00. The first-order chi connectivity index (χ1) is 12.8. The van der Waals surface area contributed by atoms with Crippen LogP contribution in [0, 0.1) is 0 Å². The molecule has 0 radical (unpaired) electrons. The van der Waals surface area contributed by atoms with Gasteiger partial charge >= 0.3 is 0 Å². The number of carbonyl (C=O) groups excluding carboxylic acids is 2. The van der Waals surface area contributed by atoms with E-state index in [0.717, 1.165) is 4.90 Å². The molecular weight excluding hydrogens is 352 g/mol. The maximum atomic E-state index is 13.4. The number of alkyl halides is 2. The van der Waals surface area contributed by atoms with Crippen LogP contribution in [0.1, 0.15) is 41.9 Å². The number of rotatable bonds is 6. The van der Waals surface area contributed by atoms with E-state index >= 15 is 0 Å². The van der Waals surface area contributed by atoms with Gasteiger partial charge in [0, 0.05) is 24.2 Å². The topological polar surface area (TPSA) is 62.3 Å². The molecule has 0 bridgehead atoms. The van der Waals surface area contributed by atoms with Crippen LogP contribution in [0.4, 0.5) is 8.78 Å². The zero-order valence-corrected chi connectivity index (χ0v) is 15.4. The summed E-state index contributed by atoms with van der Waals surface area (Å²) in [5.74, 6) is -3.89. The summed E-state index contributed by atoms with van der Waals surface area (Å²) in [5.41, 5.74) is 1.42. The first-order valence-electron chi connectivity index (χ1n) is 8.65. The van der Waals surface area contributed by atoms with E-state index in [0.29, 0.717) is 16.8 Å². The molecule has 1 aliphatic rings. The number of carbonyl (C=O) groups is 2. The van der Waals surface area contributed by atoms with Crippen LogP contribution >= 0.6 is 0 Å². The minimum Gasteiger partial charge on any atom is -0.343 e. The van der Waals surface area contributed by atoms with Gasteiger partial charge in [0.2, 0.25) is 5.91 Å². The van der Waals surface area contributed by atoms with Gasteiger partial charge in [-0.1, -0.05) is 30.9 Å². The maximum absolute atomic E-state index is 13.4. The van der Waals surface area contributed by atoms with Crippen molar-refractivity contribution in [2.24, 2.45) is 0 Å². The van der Waals surface area contributed by atoms with Crippen LogP contribution in [0.25, 0.3) is 12.2 Å². The summed E-state index contributed by atoms with van der Waals surface area (Å²) >= 11 is 0. The standard InChI is InChI=1S/C20H23F2N3O2/c1-4-6-7-8-15-16(9-10-23-17(15)5-2)19(27)24-12-18(26)25-13-20(21,22)11-14(25)3/h4-10,14H,2,11-13H2,1,3H3,(H,24,27)/b6-4-,8-7-.